The van der Waals surface area contributed by atoms with Gasteiger partial charge in [-0.1, -0.05) is 6.07 Å². The molecule has 0 bridgehead atoms. The standard InChI is InChI=1S/C19H28N2O4/c1-11-9-12(2)18(15(5)22)13(3)17(11)10-21(14(4)19(24)25)8-7-20-16(6)23/h9,14H,7-8,10H2,1-6H3,(H,20,23)(H,24,25). The Bertz CT molecular complexity index is 682. The highest BCUT2D eigenvalue weighted by Crippen LogP contribution is 2.24. The number of rotatable bonds is 8. The third-order valence-electron chi connectivity index (χ3n) is 4.52. The van der Waals surface area contributed by atoms with Crippen molar-refractivity contribution in [3.8, 4) is 0 Å². The van der Waals surface area contributed by atoms with E-state index in [1.165, 1.54) is 6.92 Å². The molecule has 0 aliphatic carbocycles. The van der Waals surface area contributed by atoms with Gasteiger partial charge in [0, 0.05) is 32.1 Å². The third kappa shape index (κ3) is 5.39. The van der Waals surface area contributed by atoms with Gasteiger partial charge in [0.05, 0.1) is 0 Å². The molecule has 0 aromatic heterocycles. The lowest BCUT2D eigenvalue weighted by atomic mass is 9.91. The van der Waals surface area contributed by atoms with Crippen molar-refractivity contribution < 1.29 is 19.5 Å². The van der Waals surface area contributed by atoms with Gasteiger partial charge in [-0.25, -0.2) is 0 Å². The summed E-state index contributed by atoms with van der Waals surface area (Å²) in [6, 6.07) is 1.27. The number of carbonyl (C=O) groups excluding carboxylic acids is 2. The lowest BCUT2D eigenvalue weighted by Gasteiger charge is -2.28. The van der Waals surface area contributed by atoms with Gasteiger partial charge in [0.25, 0.3) is 0 Å². The quantitative estimate of drug-likeness (QED) is 0.704. The predicted molar refractivity (Wildman–Crippen MR) is 96.8 cm³/mol. The second-order valence-corrected chi connectivity index (χ2v) is 6.51. The SMILES string of the molecule is CC(=O)NCCN(Cc1c(C)cc(C)c(C(C)=O)c1C)C(C)C(=O)O. The number of amides is 1. The molecule has 0 aliphatic heterocycles. The number of nitrogens with zero attached hydrogens (tertiary/aromatic N) is 1. The van der Waals surface area contributed by atoms with Crippen LogP contribution in [0, 0.1) is 20.8 Å². The average Bonchev–Trinajstić information content (AvgIpc) is 2.47. The van der Waals surface area contributed by atoms with Gasteiger partial charge in [0.15, 0.2) is 5.78 Å². The van der Waals surface area contributed by atoms with Crippen LogP contribution in [0.5, 0.6) is 0 Å². The van der Waals surface area contributed by atoms with E-state index in [4.69, 9.17) is 0 Å². The fraction of sp³-hybridized carbons (Fsp3) is 0.526. The first-order valence-corrected chi connectivity index (χ1v) is 8.38. The maximum atomic E-state index is 12.0. The van der Waals surface area contributed by atoms with Crippen LogP contribution in [0.2, 0.25) is 0 Å². The molecule has 2 N–H and O–H groups in total. The van der Waals surface area contributed by atoms with Crippen LogP contribution in [-0.4, -0.2) is 46.8 Å². The molecule has 6 nitrogen and oxygen atoms in total. The number of aryl methyl sites for hydroxylation is 2. The molecule has 138 valence electrons. The molecule has 0 radical (unpaired) electrons. The first-order chi connectivity index (χ1) is 11.6. The highest BCUT2D eigenvalue weighted by molar-refractivity contribution is 5.97. The summed E-state index contributed by atoms with van der Waals surface area (Å²) < 4.78 is 0. The van der Waals surface area contributed by atoms with E-state index in [9.17, 15) is 19.5 Å². The summed E-state index contributed by atoms with van der Waals surface area (Å²) in [7, 11) is 0. The van der Waals surface area contributed by atoms with Gasteiger partial charge in [0.1, 0.15) is 6.04 Å². The molecule has 0 saturated carbocycles. The van der Waals surface area contributed by atoms with Crippen molar-refractivity contribution in [2.75, 3.05) is 13.1 Å². The average molecular weight is 348 g/mol. The number of nitrogens with one attached hydrogen (secondary N) is 1. The minimum Gasteiger partial charge on any atom is -0.480 e. The minimum absolute atomic E-state index is 0.00679. The second-order valence-electron chi connectivity index (χ2n) is 6.51. The third-order valence-corrected chi connectivity index (χ3v) is 4.52. The number of carboxylic acids is 1. The largest absolute Gasteiger partial charge is 0.480 e. The molecule has 1 aromatic carbocycles. The van der Waals surface area contributed by atoms with Crippen molar-refractivity contribution in [3.05, 3.63) is 33.9 Å². The lowest BCUT2D eigenvalue weighted by molar-refractivity contribution is -0.142. The van der Waals surface area contributed by atoms with E-state index in [1.54, 1.807) is 18.7 Å². The number of aliphatic carboxylic acids is 1. The van der Waals surface area contributed by atoms with Crippen LogP contribution >= 0.6 is 0 Å². The van der Waals surface area contributed by atoms with E-state index >= 15 is 0 Å². The summed E-state index contributed by atoms with van der Waals surface area (Å²) in [6.45, 7) is 11.6. The Morgan fingerprint density at radius 2 is 1.76 bits per heavy atom. The van der Waals surface area contributed by atoms with Crippen LogP contribution in [0.4, 0.5) is 0 Å². The normalized spacial score (nSPS) is 12.1. The molecule has 0 heterocycles. The number of carbonyl (C=O) groups is 3. The van der Waals surface area contributed by atoms with E-state index in [2.05, 4.69) is 5.32 Å². The van der Waals surface area contributed by atoms with Crippen LogP contribution in [0.1, 0.15) is 53.4 Å². The summed E-state index contributed by atoms with van der Waals surface area (Å²) in [5.74, 6) is -1.06. The van der Waals surface area contributed by atoms with Crippen molar-refractivity contribution in [1.29, 1.82) is 0 Å². The molecule has 1 amide bonds. The van der Waals surface area contributed by atoms with Gasteiger partial charge in [-0.3, -0.25) is 19.3 Å². The van der Waals surface area contributed by atoms with E-state index in [1.807, 2.05) is 26.8 Å². The van der Waals surface area contributed by atoms with Gasteiger partial charge >= 0.3 is 5.97 Å². The highest BCUT2D eigenvalue weighted by atomic mass is 16.4. The number of hydrogen-bond donors (Lipinski definition) is 2. The molecule has 1 rings (SSSR count). The monoisotopic (exact) mass is 348 g/mol. The number of hydrogen-bond acceptors (Lipinski definition) is 4. The van der Waals surface area contributed by atoms with Gasteiger partial charge in [-0.2, -0.15) is 0 Å². The van der Waals surface area contributed by atoms with Crippen LogP contribution in [-0.2, 0) is 16.1 Å². The summed E-state index contributed by atoms with van der Waals surface area (Å²) in [6.07, 6.45) is 0. The topological polar surface area (TPSA) is 86.7 Å². The summed E-state index contributed by atoms with van der Waals surface area (Å²) in [5.41, 5.74) is 4.52. The van der Waals surface area contributed by atoms with Crippen molar-refractivity contribution in [2.45, 2.75) is 54.1 Å². The molecule has 0 fully saturated rings. The number of benzene rings is 1. The maximum absolute atomic E-state index is 12.0. The molecule has 1 aromatic rings. The summed E-state index contributed by atoms with van der Waals surface area (Å²) in [4.78, 5) is 36.3. The van der Waals surface area contributed by atoms with Crippen molar-refractivity contribution in [2.24, 2.45) is 0 Å². The van der Waals surface area contributed by atoms with E-state index < -0.39 is 12.0 Å². The number of carboxylic acid groups (broad SMARTS) is 1. The molecule has 1 unspecified atom stereocenters. The Hall–Kier alpha value is -2.21. The fourth-order valence-corrected chi connectivity index (χ4v) is 3.16. The first-order valence-electron chi connectivity index (χ1n) is 8.38. The van der Waals surface area contributed by atoms with Crippen molar-refractivity contribution >= 4 is 17.7 Å². The molecule has 25 heavy (non-hydrogen) atoms. The summed E-state index contributed by atoms with van der Waals surface area (Å²) in [5, 5.41) is 12.1. The van der Waals surface area contributed by atoms with Crippen LogP contribution < -0.4 is 5.32 Å². The first kappa shape index (κ1) is 20.8. The Labute approximate surface area is 149 Å². The van der Waals surface area contributed by atoms with Crippen LogP contribution in [0.15, 0.2) is 6.07 Å². The maximum Gasteiger partial charge on any atom is 0.320 e. The number of ketones is 1. The van der Waals surface area contributed by atoms with Gasteiger partial charge < -0.3 is 10.4 Å². The van der Waals surface area contributed by atoms with E-state index in [0.717, 1.165) is 22.3 Å². The second kappa shape index (κ2) is 8.76. The predicted octanol–water partition coefficient (Wildman–Crippen LogP) is 2.23. The Morgan fingerprint density at radius 1 is 1.16 bits per heavy atom. The molecule has 6 heteroatoms. The van der Waals surface area contributed by atoms with Gasteiger partial charge in [-0.15, -0.1) is 0 Å². The smallest absolute Gasteiger partial charge is 0.320 e. The molecular weight excluding hydrogens is 320 g/mol. The lowest BCUT2D eigenvalue weighted by Crippen LogP contribution is -2.43. The molecule has 1 atom stereocenters. The van der Waals surface area contributed by atoms with E-state index in [0.29, 0.717) is 25.2 Å². The van der Waals surface area contributed by atoms with Gasteiger partial charge in [-0.05, 0) is 56.9 Å². The highest BCUT2D eigenvalue weighted by Gasteiger charge is 2.23. The Balaban J connectivity index is 3.18. The number of Topliss-reactive ketones (excluding diaryl/α,β-unsaturated/α-hetero) is 1. The van der Waals surface area contributed by atoms with E-state index in [-0.39, 0.29) is 11.7 Å². The van der Waals surface area contributed by atoms with Crippen molar-refractivity contribution in [3.63, 3.8) is 0 Å². The molecular formula is C19H28N2O4. The summed E-state index contributed by atoms with van der Waals surface area (Å²) >= 11 is 0. The van der Waals surface area contributed by atoms with Crippen LogP contribution in [0.25, 0.3) is 0 Å². The minimum atomic E-state index is -0.919. The Morgan fingerprint density at radius 3 is 2.24 bits per heavy atom. The zero-order chi connectivity index (χ0) is 19.3. The Kier molecular flexibility index (Phi) is 7.30. The molecule has 0 aliphatic rings. The molecule has 0 spiro atoms. The zero-order valence-corrected chi connectivity index (χ0v) is 15.9. The van der Waals surface area contributed by atoms with Crippen molar-refractivity contribution in [1.82, 2.24) is 10.2 Å². The molecule has 0 saturated heterocycles. The van der Waals surface area contributed by atoms with Gasteiger partial charge in [0.2, 0.25) is 5.91 Å². The van der Waals surface area contributed by atoms with Crippen LogP contribution in [0.3, 0.4) is 0 Å². The fourth-order valence-electron chi connectivity index (χ4n) is 3.16. The zero-order valence-electron chi connectivity index (χ0n) is 15.9.